The number of carboxylic acids is 1. The minimum Gasteiger partial charge on any atom is -0.479 e. The number of carbonyl (C=O) groups is 2. The number of hydrogen-bond donors (Lipinski definition) is 2. The highest BCUT2D eigenvalue weighted by Crippen LogP contribution is 2.46. The van der Waals surface area contributed by atoms with E-state index in [1.54, 1.807) is 4.31 Å². The minimum absolute atomic E-state index is 0.0224. The summed E-state index contributed by atoms with van der Waals surface area (Å²) in [5, 5.41) is 13.1. The van der Waals surface area contributed by atoms with E-state index in [1.165, 1.54) is 7.11 Å². The van der Waals surface area contributed by atoms with Crippen molar-refractivity contribution in [2.45, 2.75) is 38.6 Å². The molecule has 0 amide bonds. The number of esters is 1. The normalized spacial score (nSPS) is 15.1. The number of methoxy groups -OCH3 is 1. The number of hydrogen-bond acceptors (Lipinski definition) is 8. The molecule has 0 spiro atoms. The zero-order valence-electron chi connectivity index (χ0n) is 19.6. The molecule has 9 nitrogen and oxygen atoms in total. The van der Waals surface area contributed by atoms with Crippen molar-refractivity contribution in [1.82, 2.24) is 4.31 Å². The predicted molar refractivity (Wildman–Crippen MR) is 139 cm³/mol. The molecule has 1 aromatic carbocycles. The first-order chi connectivity index (χ1) is 16.7. The van der Waals surface area contributed by atoms with Gasteiger partial charge >= 0.3 is 11.9 Å². The summed E-state index contributed by atoms with van der Waals surface area (Å²) >= 11 is 4.48. The minimum atomic E-state index is -3.20. The van der Waals surface area contributed by atoms with Gasteiger partial charge in [-0.15, -0.1) is 11.3 Å². The highest BCUT2D eigenvalue weighted by Gasteiger charge is 2.28. The molecule has 0 saturated carbocycles. The molecular formula is C23H29BrN2O7S2. The number of ether oxygens (including phenoxy) is 2. The van der Waals surface area contributed by atoms with Gasteiger partial charge in [0.1, 0.15) is 0 Å². The molecule has 35 heavy (non-hydrogen) atoms. The molecule has 1 saturated heterocycles. The molecule has 1 aromatic heterocycles. The van der Waals surface area contributed by atoms with Crippen LogP contribution in [0.15, 0.2) is 28.7 Å². The lowest BCUT2D eigenvalue weighted by Crippen LogP contribution is -2.43. The molecule has 12 heteroatoms. The third kappa shape index (κ3) is 6.96. The topological polar surface area (TPSA) is 122 Å². The number of nitrogens with zero attached hydrogens (tertiary/aromatic N) is 1. The lowest BCUT2D eigenvalue weighted by Gasteiger charge is -2.32. The van der Waals surface area contributed by atoms with E-state index in [0.29, 0.717) is 41.7 Å². The second kappa shape index (κ2) is 12.2. The second-order valence-corrected chi connectivity index (χ2v) is 12.0. The third-order valence-corrected chi connectivity index (χ3v) is 9.85. The van der Waals surface area contributed by atoms with E-state index in [1.807, 2.05) is 31.2 Å². The monoisotopic (exact) mass is 588 g/mol. The first-order valence-electron chi connectivity index (χ1n) is 11.3. The van der Waals surface area contributed by atoms with Crippen LogP contribution in [-0.2, 0) is 19.6 Å². The zero-order valence-corrected chi connectivity index (χ0v) is 22.8. The van der Waals surface area contributed by atoms with Gasteiger partial charge in [0, 0.05) is 24.8 Å². The highest BCUT2D eigenvalue weighted by molar-refractivity contribution is 9.10. The number of piperidine rings is 1. The Labute approximate surface area is 217 Å². The summed E-state index contributed by atoms with van der Waals surface area (Å²) in [7, 11) is -1.97. The van der Waals surface area contributed by atoms with Crippen molar-refractivity contribution < 1.29 is 32.6 Å². The number of rotatable bonds is 11. The summed E-state index contributed by atoms with van der Waals surface area (Å²) in [4.78, 5) is 23.8. The zero-order chi connectivity index (χ0) is 25.6. The van der Waals surface area contributed by atoms with Crippen LogP contribution in [0.25, 0.3) is 10.4 Å². The number of nitrogens with one attached hydrogen (secondary N) is 1. The van der Waals surface area contributed by atoms with Crippen LogP contribution in [0.3, 0.4) is 0 Å². The van der Waals surface area contributed by atoms with Crippen molar-refractivity contribution in [2.75, 3.05) is 37.9 Å². The Bertz CT molecular complexity index is 1160. The maximum Gasteiger partial charge on any atom is 0.349 e. The third-order valence-electron chi connectivity index (χ3n) is 5.66. The second-order valence-electron chi connectivity index (χ2n) is 8.14. The Morgan fingerprint density at radius 3 is 2.63 bits per heavy atom. The van der Waals surface area contributed by atoms with Crippen LogP contribution in [0.2, 0.25) is 0 Å². The molecule has 3 rings (SSSR count). The van der Waals surface area contributed by atoms with E-state index in [4.69, 9.17) is 4.74 Å². The molecule has 1 aliphatic rings. The number of carbonyl (C=O) groups excluding carboxylic acids is 1. The van der Waals surface area contributed by atoms with E-state index >= 15 is 0 Å². The molecule has 2 N–H and O–H groups in total. The van der Waals surface area contributed by atoms with Gasteiger partial charge in [0.2, 0.25) is 10.0 Å². The standard InChI is InChI=1S/C23H29BrN2O7S2/c1-3-4-12-35(30,31)26-10-8-16(9-11-26)25-17-7-5-6-15(13-17)21-19(24)20(22(34-21)23(28)29)33-14-18(27)32-2/h5-7,13,16,25H,3-4,8-12,14H2,1-2H3,(H,28,29). The van der Waals surface area contributed by atoms with Crippen LogP contribution in [-0.4, -0.2) is 68.4 Å². The van der Waals surface area contributed by atoms with E-state index in [0.717, 1.165) is 29.0 Å². The Kier molecular flexibility index (Phi) is 9.56. The SMILES string of the molecule is CCCCS(=O)(=O)N1CCC(Nc2cccc(-c3sc(C(=O)O)c(OCC(=O)OC)c3Br)c2)CC1. The molecule has 2 aromatic rings. The molecule has 0 bridgehead atoms. The largest absolute Gasteiger partial charge is 0.479 e. The maximum atomic E-state index is 12.4. The quantitative estimate of drug-likeness (QED) is 0.369. The fourth-order valence-electron chi connectivity index (χ4n) is 3.76. The fourth-order valence-corrected chi connectivity index (χ4v) is 7.33. The molecule has 0 atom stereocenters. The molecule has 0 radical (unpaired) electrons. The lowest BCUT2D eigenvalue weighted by molar-refractivity contribution is -0.142. The predicted octanol–water partition coefficient (Wildman–Crippen LogP) is 4.43. The van der Waals surface area contributed by atoms with Crippen molar-refractivity contribution in [3.63, 3.8) is 0 Å². The number of carboxylic acid groups (broad SMARTS) is 1. The van der Waals surface area contributed by atoms with Gasteiger partial charge in [-0.1, -0.05) is 25.5 Å². The number of anilines is 1. The Hall–Kier alpha value is -2.15. The number of thiophene rings is 1. The van der Waals surface area contributed by atoms with Gasteiger partial charge in [0.25, 0.3) is 0 Å². The average Bonchev–Trinajstić information content (AvgIpc) is 3.18. The molecule has 192 valence electrons. The van der Waals surface area contributed by atoms with Gasteiger partial charge < -0.3 is 19.9 Å². The van der Waals surface area contributed by atoms with Gasteiger partial charge in [-0.05, 0) is 52.9 Å². The van der Waals surface area contributed by atoms with Crippen LogP contribution in [0.4, 0.5) is 5.69 Å². The Morgan fingerprint density at radius 1 is 1.29 bits per heavy atom. The number of unbranched alkanes of at least 4 members (excludes halogenated alkanes) is 1. The average molecular weight is 590 g/mol. The van der Waals surface area contributed by atoms with Gasteiger partial charge in [0.05, 0.1) is 22.2 Å². The maximum absolute atomic E-state index is 12.4. The molecule has 2 heterocycles. The number of sulfonamides is 1. The molecule has 1 fully saturated rings. The van der Waals surface area contributed by atoms with E-state index in [9.17, 15) is 23.1 Å². The van der Waals surface area contributed by atoms with Crippen LogP contribution >= 0.6 is 27.3 Å². The number of aromatic carboxylic acids is 1. The summed E-state index contributed by atoms with van der Waals surface area (Å²) in [6, 6.07) is 7.69. The van der Waals surface area contributed by atoms with Crippen molar-refractivity contribution in [3.05, 3.63) is 33.6 Å². The van der Waals surface area contributed by atoms with Crippen LogP contribution < -0.4 is 10.1 Å². The van der Waals surface area contributed by atoms with Gasteiger partial charge in [-0.3, -0.25) is 0 Å². The van der Waals surface area contributed by atoms with Gasteiger partial charge in [-0.25, -0.2) is 22.3 Å². The highest BCUT2D eigenvalue weighted by atomic mass is 79.9. The fraction of sp³-hybridized carbons (Fsp3) is 0.478. The first-order valence-corrected chi connectivity index (χ1v) is 14.5. The Balaban J connectivity index is 1.72. The van der Waals surface area contributed by atoms with Crippen molar-refractivity contribution in [2.24, 2.45) is 0 Å². The molecule has 0 aliphatic carbocycles. The van der Waals surface area contributed by atoms with Crippen molar-refractivity contribution in [3.8, 4) is 16.2 Å². The summed E-state index contributed by atoms with van der Waals surface area (Å²) in [6.45, 7) is 2.55. The summed E-state index contributed by atoms with van der Waals surface area (Å²) < 4.78 is 36.9. The van der Waals surface area contributed by atoms with Crippen LogP contribution in [0.1, 0.15) is 42.3 Å². The molecule has 0 unspecified atom stereocenters. The summed E-state index contributed by atoms with van der Waals surface area (Å²) in [5.41, 5.74) is 1.63. The number of halogens is 1. The molecular weight excluding hydrogens is 560 g/mol. The molecule has 1 aliphatic heterocycles. The van der Waals surface area contributed by atoms with Crippen LogP contribution in [0, 0.1) is 0 Å². The van der Waals surface area contributed by atoms with E-state index in [-0.39, 0.29) is 22.4 Å². The summed E-state index contributed by atoms with van der Waals surface area (Å²) in [6.07, 6.45) is 2.92. The van der Waals surface area contributed by atoms with E-state index in [2.05, 4.69) is 26.0 Å². The van der Waals surface area contributed by atoms with Crippen molar-refractivity contribution >= 4 is 54.9 Å². The first kappa shape index (κ1) is 27.4. The smallest absolute Gasteiger partial charge is 0.349 e. The number of benzene rings is 1. The van der Waals surface area contributed by atoms with Crippen molar-refractivity contribution in [1.29, 1.82) is 0 Å². The van der Waals surface area contributed by atoms with Gasteiger partial charge in [-0.2, -0.15) is 0 Å². The van der Waals surface area contributed by atoms with E-state index < -0.39 is 28.6 Å². The van der Waals surface area contributed by atoms with Crippen LogP contribution in [0.5, 0.6) is 5.75 Å². The van der Waals surface area contributed by atoms with Gasteiger partial charge in [0.15, 0.2) is 17.2 Å². The lowest BCUT2D eigenvalue weighted by atomic mass is 10.1. The Morgan fingerprint density at radius 2 is 2.00 bits per heavy atom. The summed E-state index contributed by atoms with van der Waals surface area (Å²) in [5.74, 6) is -1.49.